The Kier molecular flexibility index (Phi) is 6.97. The van der Waals surface area contributed by atoms with E-state index in [-0.39, 0.29) is 0 Å². The highest BCUT2D eigenvalue weighted by Crippen LogP contribution is 2.26. The van der Waals surface area contributed by atoms with Gasteiger partial charge in [0.1, 0.15) is 0 Å². The van der Waals surface area contributed by atoms with Crippen LogP contribution in [-0.2, 0) is 9.59 Å². The van der Waals surface area contributed by atoms with Gasteiger partial charge < -0.3 is 31.5 Å². The first kappa shape index (κ1) is 19.1. The maximum Gasteiger partial charge on any atom is 0.414 e. The Balaban J connectivity index is 0.000000134. The zero-order valence-corrected chi connectivity index (χ0v) is 14.1. The van der Waals surface area contributed by atoms with Gasteiger partial charge in [0.15, 0.2) is 0 Å². The van der Waals surface area contributed by atoms with Crippen molar-refractivity contribution in [1.82, 2.24) is 9.80 Å². The molecule has 0 aromatic carbocycles. The number of hydrogen-bond donors (Lipinski definition) is 4. The van der Waals surface area contributed by atoms with Crippen molar-refractivity contribution in [2.75, 3.05) is 39.3 Å². The number of rotatable bonds is 0. The number of fused-ring (bicyclic) bond motifs is 6. The summed E-state index contributed by atoms with van der Waals surface area (Å²) >= 11 is 0. The van der Waals surface area contributed by atoms with Gasteiger partial charge in [0.05, 0.1) is 0 Å². The van der Waals surface area contributed by atoms with Crippen molar-refractivity contribution in [2.24, 2.45) is 23.3 Å². The Morgan fingerprint density at radius 1 is 0.708 bits per heavy atom. The normalized spacial score (nSPS) is 39.1. The van der Waals surface area contributed by atoms with Crippen LogP contribution in [0.2, 0.25) is 0 Å². The SMILES string of the molecule is N[C@@H]1CN2CCC1CC2.N[C@@H]1CN2CCC1CC2.O=C(O)C(=O)O. The number of nitrogens with zero attached hydrogens (tertiary/aromatic N) is 2. The zero-order valence-electron chi connectivity index (χ0n) is 14.1. The van der Waals surface area contributed by atoms with Crippen LogP contribution >= 0.6 is 0 Å². The number of hydrogen-bond acceptors (Lipinski definition) is 6. The molecular formula is C16H30N4O4. The molecule has 6 aliphatic heterocycles. The summed E-state index contributed by atoms with van der Waals surface area (Å²) < 4.78 is 0. The van der Waals surface area contributed by atoms with Crippen molar-refractivity contribution in [3.63, 3.8) is 0 Å². The molecule has 0 aromatic rings. The molecule has 8 nitrogen and oxygen atoms in total. The number of carbonyl (C=O) groups is 2. The Bertz CT molecular complexity index is 392. The van der Waals surface area contributed by atoms with Crippen LogP contribution in [0.4, 0.5) is 0 Å². The molecule has 0 unspecified atom stereocenters. The molecule has 138 valence electrons. The van der Waals surface area contributed by atoms with Crippen molar-refractivity contribution >= 4 is 11.9 Å². The fourth-order valence-corrected chi connectivity index (χ4v) is 4.02. The van der Waals surface area contributed by atoms with Crippen LogP contribution in [-0.4, -0.2) is 83.3 Å². The summed E-state index contributed by atoms with van der Waals surface area (Å²) in [6, 6.07) is 0.986. The number of piperidine rings is 6. The van der Waals surface area contributed by atoms with Crippen LogP contribution in [0, 0.1) is 11.8 Å². The lowest BCUT2D eigenvalue weighted by Crippen LogP contribution is -2.54. The molecule has 2 atom stereocenters. The number of carboxylic acids is 2. The van der Waals surface area contributed by atoms with E-state index in [9.17, 15) is 0 Å². The largest absolute Gasteiger partial charge is 0.473 e. The molecule has 0 radical (unpaired) electrons. The van der Waals surface area contributed by atoms with E-state index in [4.69, 9.17) is 31.3 Å². The van der Waals surface area contributed by atoms with Crippen molar-refractivity contribution in [3.05, 3.63) is 0 Å². The van der Waals surface area contributed by atoms with E-state index in [1.54, 1.807) is 0 Å². The lowest BCUT2D eigenvalue weighted by atomic mass is 9.85. The van der Waals surface area contributed by atoms with E-state index in [1.165, 1.54) is 51.9 Å². The molecule has 6 aliphatic rings. The summed E-state index contributed by atoms with van der Waals surface area (Å²) in [6.45, 7) is 7.53. The minimum atomic E-state index is -1.82. The topological polar surface area (TPSA) is 133 Å². The molecule has 6 N–H and O–H groups in total. The van der Waals surface area contributed by atoms with Gasteiger partial charge in [0, 0.05) is 25.2 Å². The highest BCUT2D eigenvalue weighted by Gasteiger charge is 2.31. The first-order chi connectivity index (χ1) is 11.4. The first-order valence-electron chi connectivity index (χ1n) is 8.79. The highest BCUT2D eigenvalue weighted by atomic mass is 16.4. The Morgan fingerprint density at radius 3 is 1.08 bits per heavy atom. The Morgan fingerprint density at radius 2 is 1.00 bits per heavy atom. The number of nitrogens with two attached hydrogens (primary N) is 2. The molecule has 6 heterocycles. The number of carboxylic acid groups (broad SMARTS) is 2. The molecule has 0 aliphatic carbocycles. The Labute approximate surface area is 142 Å². The molecule has 0 amide bonds. The van der Waals surface area contributed by atoms with Gasteiger partial charge in [-0.2, -0.15) is 0 Å². The van der Waals surface area contributed by atoms with Crippen LogP contribution < -0.4 is 11.5 Å². The summed E-state index contributed by atoms with van der Waals surface area (Å²) in [5.41, 5.74) is 11.8. The molecule has 0 aromatic heterocycles. The molecule has 0 saturated carbocycles. The summed E-state index contributed by atoms with van der Waals surface area (Å²) in [7, 11) is 0. The Hall–Kier alpha value is -1.22. The van der Waals surface area contributed by atoms with Crippen molar-refractivity contribution in [2.45, 2.75) is 37.8 Å². The van der Waals surface area contributed by atoms with Gasteiger partial charge in [0.2, 0.25) is 0 Å². The van der Waals surface area contributed by atoms with Crippen LogP contribution in [0.3, 0.4) is 0 Å². The second kappa shape index (κ2) is 8.75. The van der Waals surface area contributed by atoms with E-state index in [0.29, 0.717) is 12.1 Å². The van der Waals surface area contributed by atoms with Crippen LogP contribution in [0.1, 0.15) is 25.7 Å². The van der Waals surface area contributed by atoms with Gasteiger partial charge in [-0.05, 0) is 63.7 Å². The van der Waals surface area contributed by atoms with E-state index in [1.807, 2.05) is 0 Å². The summed E-state index contributed by atoms with van der Waals surface area (Å²) in [5.74, 6) is -1.94. The fourth-order valence-electron chi connectivity index (χ4n) is 4.02. The lowest BCUT2D eigenvalue weighted by molar-refractivity contribution is -0.159. The molecule has 6 rings (SSSR count). The quantitative estimate of drug-likeness (QED) is 0.422. The van der Waals surface area contributed by atoms with Crippen molar-refractivity contribution < 1.29 is 19.8 Å². The van der Waals surface area contributed by atoms with Gasteiger partial charge in [-0.25, -0.2) is 9.59 Å². The van der Waals surface area contributed by atoms with Crippen LogP contribution in [0.5, 0.6) is 0 Å². The zero-order chi connectivity index (χ0) is 17.7. The van der Waals surface area contributed by atoms with Crippen LogP contribution in [0.15, 0.2) is 0 Å². The summed E-state index contributed by atoms with van der Waals surface area (Å²) in [5, 5.41) is 14.8. The van der Waals surface area contributed by atoms with E-state index in [2.05, 4.69) is 9.80 Å². The van der Waals surface area contributed by atoms with Crippen molar-refractivity contribution in [1.29, 1.82) is 0 Å². The van der Waals surface area contributed by atoms with Crippen LogP contribution in [0.25, 0.3) is 0 Å². The minimum absolute atomic E-state index is 0.493. The highest BCUT2D eigenvalue weighted by molar-refractivity contribution is 6.27. The molecule has 8 heteroatoms. The third kappa shape index (κ3) is 5.41. The summed E-state index contributed by atoms with van der Waals surface area (Å²) in [4.78, 5) is 23.2. The average Bonchev–Trinajstić information content (AvgIpc) is 2.57. The standard InChI is InChI=1S/2C7H14N2.C2H2O4/c2*8-7-5-9-3-1-6(7)2-4-9;3-1(4)2(5)6/h2*6-7H,1-5,8H2;(H,3,4)(H,5,6)/t2*7-;/m11./s1. The monoisotopic (exact) mass is 342 g/mol. The summed E-state index contributed by atoms with van der Waals surface area (Å²) in [6.07, 6.45) is 5.39. The van der Waals surface area contributed by atoms with Gasteiger partial charge in [-0.15, -0.1) is 0 Å². The van der Waals surface area contributed by atoms with Gasteiger partial charge >= 0.3 is 11.9 Å². The minimum Gasteiger partial charge on any atom is -0.473 e. The van der Waals surface area contributed by atoms with Gasteiger partial charge in [-0.1, -0.05) is 0 Å². The molecule has 4 bridgehead atoms. The second-order valence-electron chi connectivity index (χ2n) is 7.21. The average molecular weight is 342 g/mol. The first-order valence-corrected chi connectivity index (χ1v) is 8.79. The molecule has 6 fully saturated rings. The predicted octanol–water partition coefficient (Wildman–Crippen LogP) is -0.766. The molecular weight excluding hydrogens is 312 g/mol. The smallest absolute Gasteiger partial charge is 0.414 e. The molecule has 24 heavy (non-hydrogen) atoms. The van der Waals surface area contributed by atoms with E-state index in [0.717, 1.165) is 24.9 Å². The molecule has 0 spiro atoms. The molecule has 6 saturated heterocycles. The third-order valence-corrected chi connectivity index (χ3v) is 5.60. The van der Waals surface area contributed by atoms with E-state index >= 15 is 0 Å². The van der Waals surface area contributed by atoms with E-state index < -0.39 is 11.9 Å². The fraction of sp³-hybridized carbons (Fsp3) is 0.875. The second-order valence-corrected chi connectivity index (χ2v) is 7.21. The van der Waals surface area contributed by atoms with Gasteiger partial charge in [0.25, 0.3) is 0 Å². The maximum atomic E-state index is 9.10. The third-order valence-electron chi connectivity index (χ3n) is 5.60. The lowest BCUT2D eigenvalue weighted by Gasteiger charge is -2.43. The number of aliphatic carboxylic acids is 2. The van der Waals surface area contributed by atoms with Gasteiger partial charge in [-0.3, -0.25) is 0 Å². The van der Waals surface area contributed by atoms with Crippen molar-refractivity contribution in [3.8, 4) is 0 Å². The predicted molar refractivity (Wildman–Crippen MR) is 89.6 cm³/mol. The maximum absolute atomic E-state index is 9.10.